The van der Waals surface area contributed by atoms with Gasteiger partial charge in [-0.05, 0) is 41.8 Å². The highest BCUT2D eigenvalue weighted by atomic mass is 32.2. The molecule has 0 aliphatic heterocycles. The van der Waals surface area contributed by atoms with Gasteiger partial charge in [0.05, 0.1) is 40.8 Å². The molecule has 0 heterocycles. The molecule has 2 aromatic carbocycles. The number of hydrogen-bond acceptors (Lipinski definition) is 7. The molecule has 0 saturated heterocycles. The van der Waals surface area contributed by atoms with E-state index in [-0.39, 0.29) is 18.8 Å². The predicted octanol–water partition coefficient (Wildman–Crippen LogP) is 3.55. The molecule has 9 heteroatoms. The summed E-state index contributed by atoms with van der Waals surface area (Å²) < 4.78 is 57.4. The Balaban J connectivity index is 2.21. The van der Waals surface area contributed by atoms with Gasteiger partial charge in [-0.3, -0.25) is 4.55 Å². The van der Waals surface area contributed by atoms with Crippen LogP contribution < -0.4 is 23.7 Å². The van der Waals surface area contributed by atoms with Crippen molar-refractivity contribution < 1.29 is 36.7 Å². The van der Waals surface area contributed by atoms with Crippen molar-refractivity contribution in [1.82, 2.24) is 0 Å². The summed E-state index contributed by atoms with van der Waals surface area (Å²) in [6, 6.07) is 9.05. The summed E-state index contributed by atoms with van der Waals surface area (Å²) in [4.78, 5) is 0. The van der Waals surface area contributed by atoms with Crippen molar-refractivity contribution in [2.75, 3.05) is 40.8 Å². The molecule has 0 amide bonds. The van der Waals surface area contributed by atoms with Crippen molar-refractivity contribution in [1.29, 1.82) is 0 Å². The first-order chi connectivity index (χ1) is 14.3. The summed E-state index contributed by atoms with van der Waals surface area (Å²) in [6.45, 7) is 0.121. The predicted molar refractivity (Wildman–Crippen MR) is 115 cm³/mol. The Labute approximate surface area is 176 Å². The van der Waals surface area contributed by atoms with Crippen molar-refractivity contribution in [3.8, 4) is 28.7 Å². The molecule has 0 aromatic heterocycles. The SMILES string of the molecule is COc1ccc(/C=C\c2cc(OC)c(OC)c(OC)c2)cc1OCCCS(=O)(=O)O. The average Bonchev–Trinajstić information content (AvgIpc) is 2.73. The topological polar surface area (TPSA) is 101 Å². The van der Waals surface area contributed by atoms with E-state index in [4.69, 9.17) is 28.2 Å². The van der Waals surface area contributed by atoms with Crippen LogP contribution in [0, 0.1) is 0 Å². The van der Waals surface area contributed by atoms with Gasteiger partial charge in [0, 0.05) is 0 Å². The van der Waals surface area contributed by atoms with Gasteiger partial charge in [-0.15, -0.1) is 0 Å². The second-order valence-corrected chi connectivity index (χ2v) is 7.76. The van der Waals surface area contributed by atoms with E-state index in [1.165, 1.54) is 7.11 Å². The smallest absolute Gasteiger partial charge is 0.264 e. The van der Waals surface area contributed by atoms with Crippen molar-refractivity contribution in [3.05, 3.63) is 41.5 Å². The fourth-order valence-corrected chi connectivity index (χ4v) is 3.21. The Bertz CT molecular complexity index is 957. The Morgan fingerprint density at radius 3 is 1.90 bits per heavy atom. The lowest BCUT2D eigenvalue weighted by Crippen LogP contribution is -2.09. The Morgan fingerprint density at radius 2 is 1.37 bits per heavy atom. The molecule has 0 aliphatic carbocycles. The maximum absolute atomic E-state index is 10.8. The second-order valence-electron chi connectivity index (χ2n) is 6.19. The third-order valence-electron chi connectivity index (χ3n) is 4.15. The molecular formula is C21H26O8S. The summed E-state index contributed by atoms with van der Waals surface area (Å²) in [5.41, 5.74) is 1.69. The highest BCUT2D eigenvalue weighted by Crippen LogP contribution is 2.38. The van der Waals surface area contributed by atoms with Crippen LogP contribution in [-0.2, 0) is 10.1 Å². The van der Waals surface area contributed by atoms with Crippen molar-refractivity contribution in [2.45, 2.75) is 6.42 Å². The molecule has 0 spiro atoms. The standard InChI is InChI=1S/C21H26O8S/c1-25-17-9-8-15(12-18(17)29-10-5-11-30(22,23)24)6-7-16-13-19(26-2)21(28-4)20(14-16)27-3/h6-9,12-14H,5,10-11H2,1-4H3,(H,22,23,24)/b7-6-. The normalized spacial score (nSPS) is 11.4. The molecule has 0 atom stereocenters. The van der Waals surface area contributed by atoms with E-state index in [9.17, 15) is 8.42 Å². The van der Waals surface area contributed by atoms with Crippen LogP contribution in [-0.4, -0.2) is 53.8 Å². The van der Waals surface area contributed by atoms with Crippen LogP contribution in [0.2, 0.25) is 0 Å². The van der Waals surface area contributed by atoms with Gasteiger partial charge in [0.2, 0.25) is 5.75 Å². The summed E-state index contributed by atoms with van der Waals surface area (Å²) in [5, 5.41) is 0. The molecule has 0 saturated carbocycles. The fraction of sp³-hybridized carbons (Fsp3) is 0.333. The van der Waals surface area contributed by atoms with Gasteiger partial charge in [0.25, 0.3) is 10.1 Å². The van der Waals surface area contributed by atoms with Crippen LogP contribution in [0.1, 0.15) is 17.5 Å². The minimum atomic E-state index is -4.01. The van der Waals surface area contributed by atoms with E-state index in [2.05, 4.69) is 0 Å². The molecule has 0 bridgehead atoms. The third kappa shape index (κ3) is 6.57. The lowest BCUT2D eigenvalue weighted by Gasteiger charge is -2.13. The summed E-state index contributed by atoms with van der Waals surface area (Å²) in [5.74, 6) is 2.24. The number of hydrogen-bond donors (Lipinski definition) is 1. The Morgan fingerprint density at radius 1 is 0.800 bits per heavy atom. The molecule has 0 unspecified atom stereocenters. The van der Waals surface area contributed by atoms with Crippen LogP contribution in [0.5, 0.6) is 28.7 Å². The second kappa shape index (κ2) is 10.7. The van der Waals surface area contributed by atoms with Crippen molar-refractivity contribution >= 4 is 22.3 Å². The first-order valence-corrected chi connectivity index (χ1v) is 10.7. The summed E-state index contributed by atoms with van der Waals surface area (Å²) in [7, 11) is 2.17. The van der Waals surface area contributed by atoms with E-state index >= 15 is 0 Å². The van der Waals surface area contributed by atoms with Gasteiger partial charge >= 0.3 is 0 Å². The molecule has 30 heavy (non-hydrogen) atoms. The molecule has 0 radical (unpaired) electrons. The maximum Gasteiger partial charge on any atom is 0.264 e. The summed E-state index contributed by atoms with van der Waals surface area (Å²) >= 11 is 0. The molecule has 8 nitrogen and oxygen atoms in total. The maximum atomic E-state index is 10.8. The van der Waals surface area contributed by atoms with Crippen molar-refractivity contribution in [2.24, 2.45) is 0 Å². The molecule has 2 rings (SSSR count). The van der Waals surface area contributed by atoms with E-state index < -0.39 is 10.1 Å². The molecule has 0 aliphatic rings. The van der Waals surface area contributed by atoms with E-state index in [1.54, 1.807) is 33.5 Å². The van der Waals surface area contributed by atoms with Gasteiger partial charge < -0.3 is 23.7 Å². The molecule has 1 N–H and O–H groups in total. The fourth-order valence-electron chi connectivity index (χ4n) is 2.72. The van der Waals surface area contributed by atoms with E-state index in [0.29, 0.717) is 28.7 Å². The Hall–Kier alpha value is -2.91. The Kier molecular flexibility index (Phi) is 8.37. The van der Waals surface area contributed by atoms with Crippen molar-refractivity contribution in [3.63, 3.8) is 0 Å². The zero-order valence-electron chi connectivity index (χ0n) is 17.4. The molecule has 164 valence electrons. The van der Waals surface area contributed by atoms with Crippen LogP contribution in [0.3, 0.4) is 0 Å². The van der Waals surface area contributed by atoms with Gasteiger partial charge in [-0.1, -0.05) is 18.2 Å². The monoisotopic (exact) mass is 438 g/mol. The number of benzene rings is 2. The highest BCUT2D eigenvalue weighted by molar-refractivity contribution is 7.85. The number of ether oxygens (including phenoxy) is 5. The third-order valence-corrected chi connectivity index (χ3v) is 4.95. The first kappa shape index (κ1) is 23.4. The lowest BCUT2D eigenvalue weighted by molar-refractivity contribution is 0.293. The van der Waals surface area contributed by atoms with Gasteiger partial charge in [-0.2, -0.15) is 8.42 Å². The summed E-state index contributed by atoms with van der Waals surface area (Å²) in [6.07, 6.45) is 3.92. The molecular weight excluding hydrogens is 412 g/mol. The lowest BCUT2D eigenvalue weighted by atomic mass is 10.1. The van der Waals surface area contributed by atoms with Gasteiger partial charge in [-0.25, -0.2) is 0 Å². The minimum absolute atomic E-state index is 0.121. The highest BCUT2D eigenvalue weighted by Gasteiger charge is 2.12. The zero-order valence-corrected chi connectivity index (χ0v) is 18.2. The van der Waals surface area contributed by atoms with Gasteiger partial charge in [0.15, 0.2) is 23.0 Å². The van der Waals surface area contributed by atoms with E-state index in [0.717, 1.165) is 11.1 Å². The first-order valence-electron chi connectivity index (χ1n) is 9.05. The van der Waals surface area contributed by atoms with Crippen LogP contribution in [0.25, 0.3) is 12.2 Å². The average molecular weight is 438 g/mol. The number of rotatable bonds is 11. The quantitative estimate of drug-likeness (QED) is 0.323. The van der Waals surface area contributed by atoms with Crippen LogP contribution in [0.4, 0.5) is 0 Å². The largest absolute Gasteiger partial charge is 0.493 e. The van der Waals surface area contributed by atoms with Crippen LogP contribution in [0.15, 0.2) is 30.3 Å². The van der Waals surface area contributed by atoms with Gasteiger partial charge in [0.1, 0.15) is 0 Å². The zero-order chi connectivity index (χ0) is 22.1. The molecule has 2 aromatic rings. The van der Waals surface area contributed by atoms with Crippen LogP contribution >= 0.6 is 0 Å². The van der Waals surface area contributed by atoms with E-state index in [1.807, 2.05) is 30.4 Å². The molecule has 0 fully saturated rings. The number of methoxy groups -OCH3 is 4. The minimum Gasteiger partial charge on any atom is -0.493 e.